The zero-order valence-electron chi connectivity index (χ0n) is 14.6. The van der Waals surface area contributed by atoms with Crippen LogP contribution in [0.5, 0.6) is 0 Å². The minimum absolute atomic E-state index is 0.0461. The number of nitrogens with zero attached hydrogens (tertiary/aromatic N) is 1. The van der Waals surface area contributed by atoms with E-state index in [0.29, 0.717) is 12.2 Å². The van der Waals surface area contributed by atoms with Gasteiger partial charge in [0, 0.05) is 6.04 Å². The minimum atomic E-state index is -0.391. The maximum atomic E-state index is 12.0. The van der Waals surface area contributed by atoms with Crippen LogP contribution in [0, 0.1) is 6.92 Å². The van der Waals surface area contributed by atoms with Crippen LogP contribution in [0.2, 0.25) is 0 Å². The van der Waals surface area contributed by atoms with Crippen LogP contribution >= 0.6 is 0 Å². The van der Waals surface area contributed by atoms with Crippen LogP contribution < -0.4 is 16.0 Å². The number of H-pyrrole nitrogens is 1. The van der Waals surface area contributed by atoms with E-state index in [9.17, 15) is 9.59 Å². The molecule has 0 unspecified atom stereocenters. The molecule has 4 N–H and O–H groups in total. The highest BCUT2D eigenvalue weighted by Crippen LogP contribution is 2.19. The summed E-state index contributed by atoms with van der Waals surface area (Å²) in [7, 11) is 0. The number of imidazole rings is 1. The molecule has 0 aliphatic carbocycles. The van der Waals surface area contributed by atoms with Crippen LogP contribution in [0.25, 0.3) is 11.0 Å². The number of amides is 3. The summed E-state index contributed by atoms with van der Waals surface area (Å²) < 4.78 is 0. The van der Waals surface area contributed by atoms with Crippen molar-refractivity contribution in [1.82, 2.24) is 25.9 Å². The smallest absolute Gasteiger partial charge is 0.315 e. The van der Waals surface area contributed by atoms with E-state index in [1.165, 1.54) is 0 Å². The van der Waals surface area contributed by atoms with Gasteiger partial charge in [0.2, 0.25) is 5.91 Å². The topological polar surface area (TPSA) is 98.9 Å². The van der Waals surface area contributed by atoms with Gasteiger partial charge in [-0.1, -0.05) is 13.0 Å². The number of aromatic amines is 1. The normalized spacial score (nSPS) is 12.2. The van der Waals surface area contributed by atoms with Crippen LogP contribution in [0.15, 0.2) is 18.2 Å². The second-order valence-electron chi connectivity index (χ2n) is 6.15. The van der Waals surface area contributed by atoms with Crippen molar-refractivity contribution in [1.29, 1.82) is 0 Å². The van der Waals surface area contributed by atoms with Crippen molar-refractivity contribution in [2.24, 2.45) is 0 Å². The summed E-state index contributed by atoms with van der Waals surface area (Å²) >= 11 is 0. The zero-order valence-corrected chi connectivity index (χ0v) is 14.6. The average Bonchev–Trinajstić information content (AvgIpc) is 2.92. The standard InChI is InChI=1S/C17H25N5O2/c1-5-12(22-17(24)18-9-15(23)19-10(2)3)16-20-13-7-6-11(4)8-14(13)21-16/h6-8,10,12H,5,9H2,1-4H3,(H,19,23)(H,20,21)(H2,18,22,24)/t12-/m1/s1. The predicted molar refractivity (Wildman–Crippen MR) is 93.7 cm³/mol. The van der Waals surface area contributed by atoms with Crippen LogP contribution in [-0.2, 0) is 4.79 Å². The van der Waals surface area contributed by atoms with E-state index in [-0.39, 0.29) is 24.5 Å². The van der Waals surface area contributed by atoms with Gasteiger partial charge in [0.15, 0.2) is 0 Å². The van der Waals surface area contributed by atoms with E-state index in [0.717, 1.165) is 16.6 Å². The molecule has 1 heterocycles. The van der Waals surface area contributed by atoms with Gasteiger partial charge in [-0.05, 0) is 44.9 Å². The molecule has 24 heavy (non-hydrogen) atoms. The first-order valence-corrected chi connectivity index (χ1v) is 8.19. The molecule has 3 amide bonds. The monoisotopic (exact) mass is 331 g/mol. The lowest BCUT2D eigenvalue weighted by atomic mass is 10.2. The fourth-order valence-corrected chi connectivity index (χ4v) is 2.41. The van der Waals surface area contributed by atoms with Crippen molar-refractivity contribution in [2.45, 2.75) is 46.2 Å². The van der Waals surface area contributed by atoms with Gasteiger partial charge in [-0.15, -0.1) is 0 Å². The second-order valence-corrected chi connectivity index (χ2v) is 6.15. The summed E-state index contributed by atoms with van der Waals surface area (Å²) in [6, 6.07) is 5.39. The molecule has 1 aromatic carbocycles. The molecule has 0 saturated carbocycles. The fourth-order valence-electron chi connectivity index (χ4n) is 2.41. The number of urea groups is 1. The number of carbonyl (C=O) groups excluding carboxylic acids is 2. The highest BCUT2D eigenvalue weighted by Gasteiger charge is 2.17. The van der Waals surface area contributed by atoms with E-state index < -0.39 is 6.03 Å². The molecule has 2 rings (SSSR count). The average molecular weight is 331 g/mol. The number of aryl methyl sites for hydroxylation is 1. The number of carbonyl (C=O) groups is 2. The second kappa shape index (κ2) is 7.81. The maximum absolute atomic E-state index is 12.0. The summed E-state index contributed by atoms with van der Waals surface area (Å²) in [5.41, 5.74) is 2.96. The van der Waals surface area contributed by atoms with Gasteiger partial charge < -0.3 is 20.9 Å². The highest BCUT2D eigenvalue weighted by atomic mass is 16.2. The lowest BCUT2D eigenvalue weighted by Gasteiger charge is -2.15. The molecular weight excluding hydrogens is 306 g/mol. The van der Waals surface area contributed by atoms with Crippen LogP contribution in [-0.4, -0.2) is 34.5 Å². The lowest BCUT2D eigenvalue weighted by molar-refractivity contribution is -0.120. The van der Waals surface area contributed by atoms with E-state index >= 15 is 0 Å². The van der Waals surface area contributed by atoms with Gasteiger partial charge in [-0.25, -0.2) is 9.78 Å². The first-order valence-electron chi connectivity index (χ1n) is 8.19. The van der Waals surface area contributed by atoms with E-state index in [1.54, 1.807) is 0 Å². The Morgan fingerprint density at radius 2 is 2.00 bits per heavy atom. The maximum Gasteiger partial charge on any atom is 0.315 e. The molecule has 130 valence electrons. The SMILES string of the molecule is CC[C@@H](NC(=O)NCC(=O)NC(C)C)c1nc2ccc(C)cc2[nH]1. The summed E-state index contributed by atoms with van der Waals surface area (Å²) in [5.74, 6) is 0.493. The van der Waals surface area contributed by atoms with Crippen molar-refractivity contribution < 1.29 is 9.59 Å². The molecule has 0 bridgehead atoms. The lowest BCUT2D eigenvalue weighted by Crippen LogP contribution is -2.44. The highest BCUT2D eigenvalue weighted by molar-refractivity contribution is 5.84. The van der Waals surface area contributed by atoms with Crippen LogP contribution in [0.1, 0.15) is 44.6 Å². The fraction of sp³-hybridized carbons (Fsp3) is 0.471. The molecule has 7 heteroatoms. The molecule has 0 spiro atoms. The van der Waals surface area contributed by atoms with Crippen molar-refractivity contribution in [2.75, 3.05) is 6.54 Å². The Bertz CT molecular complexity index is 723. The van der Waals surface area contributed by atoms with Gasteiger partial charge in [0.05, 0.1) is 23.6 Å². The first-order chi connectivity index (χ1) is 11.4. The van der Waals surface area contributed by atoms with Gasteiger partial charge in [-0.3, -0.25) is 4.79 Å². The molecule has 1 atom stereocenters. The third kappa shape index (κ3) is 4.71. The number of hydrogen-bond acceptors (Lipinski definition) is 3. The number of benzene rings is 1. The summed E-state index contributed by atoms with van der Waals surface area (Å²) in [6.45, 7) is 7.67. The third-order valence-electron chi connectivity index (χ3n) is 3.56. The molecule has 1 aromatic heterocycles. The number of hydrogen-bond donors (Lipinski definition) is 4. The molecule has 2 aromatic rings. The third-order valence-corrected chi connectivity index (χ3v) is 3.56. The Balaban J connectivity index is 1.97. The van der Waals surface area contributed by atoms with Crippen molar-refractivity contribution in [3.8, 4) is 0 Å². The Morgan fingerprint density at radius 3 is 2.67 bits per heavy atom. The van der Waals surface area contributed by atoms with Gasteiger partial charge in [-0.2, -0.15) is 0 Å². The number of fused-ring (bicyclic) bond motifs is 1. The molecule has 0 aliphatic rings. The molecule has 0 saturated heterocycles. The first kappa shape index (κ1) is 17.8. The zero-order chi connectivity index (χ0) is 17.7. The summed E-state index contributed by atoms with van der Waals surface area (Å²) in [6.07, 6.45) is 0.685. The van der Waals surface area contributed by atoms with Crippen LogP contribution in [0.3, 0.4) is 0 Å². The molecule has 0 aliphatic heterocycles. The molecular formula is C17H25N5O2. The van der Waals surface area contributed by atoms with Gasteiger partial charge >= 0.3 is 6.03 Å². The van der Waals surface area contributed by atoms with Crippen molar-refractivity contribution in [3.63, 3.8) is 0 Å². The van der Waals surface area contributed by atoms with E-state index in [4.69, 9.17) is 0 Å². The Morgan fingerprint density at radius 1 is 1.25 bits per heavy atom. The summed E-state index contributed by atoms with van der Waals surface area (Å²) in [5, 5.41) is 8.13. The quantitative estimate of drug-likeness (QED) is 0.652. The Hall–Kier alpha value is -2.57. The van der Waals surface area contributed by atoms with Crippen molar-refractivity contribution in [3.05, 3.63) is 29.6 Å². The Kier molecular flexibility index (Phi) is 5.78. The van der Waals surface area contributed by atoms with Gasteiger partial charge in [0.25, 0.3) is 0 Å². The van der Waals surface area contributed by atoms with Crippen LogP contribution in [0.4, 0.5) is 4.79 Å². The minimum Gasteiger partial charge on any atom is -0.352 e. The number of nitrogens with one attached hydrogen (secondary N) is 4. The van der Waals surface area contributed by atoms with E-state index in [2.05, 4.69) is 25.9 Å². The van der Waals surface area contributed by atoms with Crippen molar-refractivity contribution >= 4 is 23.0 Å². The number of rotatable bonds is 6. The Labute approximate surface area is 141 Å². The molecule has 0 radical (unpaired) electrons. The predicted octanol–water partition coefficient (Wildman–Crippen LogP) is 2.15. The summed E-state index contributed by atoms with van der Waals surface area (Å²) in [4.78, 5) is 31.3. The largest absolute Gasteiger partial charge is 0.352 e. The van der Waals surface area contributed by atoms with E-state index in [1.807, 2.05) is 45.9 Å². The molecule has 7 nitrogen and oxygen atoms in total. The molecule has 0 fully saturated rings. The number of aromatic nitrogens is 2. The van der Waals surface area contributed by atoms with Gasteiger partial charge in [0.1, 0.15) is 5.82 Å².